The van der Waals surface area contributed by atoms with Crippen LogP contribution in [-0.4, -0.2) is 36.4 Å². The van der Waals surface area contributed by atoms with E-state index in [9.17, 15) is 9.90 Å². The highest BCUT2D eigenvalue weighted by atomic mass is 16.7. The number of benzene rings is 2. The van der Waals surface area contributed by atoms with Crippen molar-refractivity contribution in [3.63, 3.8) is 0 Å². The first-order valence-corrected chi connectivity index (χ1v) is 7.49. The Morgan fingerprint density at radius 1 is 1.17 bits per heavy atom. The van der Waals surface area contributed by atoms with Gasteiger partial charge in [0.1, 0.15) is 0 Å². The van der Waals surface area contributed by atoms with Crippen LogP contribution in [0.5, 0.6) is 11.5 Å². The Morgan fingerprint density at radius 2 is 1.91 bits per heavy atom. The summed E-state index contributed by atoms with van der Waals surface area (Å²) in [6, 6.07) is 14.7. The maximum absolute atomic E-state index is 12.5. The van der Waals surface area contributed by atoms with Crippen molar-refractivity contribution in [2.45, 2.75) is 12.5 Å². The van der Waals surface area contributed by atoms with Gasteiger partial charge in [0, 0.05) is 7.05 Å². The zero-order valence-corrected chi connectivity index (χ0v) is 12.9. The molecule has 0 aliphatic carbocycles. The van der Waals surface area contributed by atoms with Crippen LogP contribution in [0, 0.1) is 0 Å². The Balaban J connectivity index is 1.72. The molecule has 0 unspecified atom stereocenters. The van der Waals surface area contributed by atoms with Gasteiger partial charge in [-0.2, -0.15) is 0 Å². The van der Waals surface area contributed by atoms with Crippen molar-refractivity contribution in [3.05, 3.63) is 59.7 Å². The number of carbonyl (C=O) groups excluding carboxylic acids is 1. The summed E-state index contributed by atoms with van der Waals surface area (Å²) in [5.74, 6) is 1.30. The molecular formula is C18H19NO4. The zero-order chi connectivity index (χ0) is 16.2. The molecule has 0 aromatic heterocycles. The molecule has 5 heteroatoms. The van der Waals surface area contributed by atoms with Crippen molar-refractivity contribution in [2.75, 3.05) is 20.4 Å². The molecule has 1 N–H and O–H groups in total. The van der Waals surface area contributed by atoms with Gasteiger partial charge in [0.15, 0.2) is 11.5 Å². The van der Waals surface area contributed by atoms with Gasteiger partial charge in [-0.1, -0.05) is 36.4 Å². The minimum absolute atomic E-state index is 0.0632. The molecule has 0 saturated carbocycles. The predicted molar refractivity (Wildman–Crippen MR) is 85.3 cm³/mol. The highest BCUT2D eigenvalue weighted by molar-refractivity contribution is 5.79. The third-order valence-corrected chi connectivity index (χ3v) is 4.01. The Kier molecular flexibility index (Phi) is 4.48. The van der Waals surface area contributed by atoms with Gasteiger partial charge in [0.05, 0.1) is 19.1 Å². The largest absolute Gasteiger partial charge is 0.454 e. The van der Waals surface area contributed by atoms with Gasteiger partial charge in [0.25, 0.3) is 0 Å². The molecule has 23 heavy (non-hydrogen) atoms. The van der Waals surface area contributed by atoms with Crippen molar-refractivity contribution < 1.29 is 19.4 Å². The summed E-state index contributed by atoms with van der Waals surface area (Å²) in [7, 11) is 1.71. The number of aliphatic hydroxyl groups excluding tert-OH is 1. The summed E-state index contributed by atoms with van der Waals surface area (Å²) in [5, 5.41) is 9.66. The van der Waals surface area contributed by atoms with E-state index in [0.29, 0.717) is 11.5 Å². The van der Waals surface area contributed by atoms with Crippen LogP contribution in [0.25, 0.3) is 0 Å². The number of ether oxygens (including phenoxy) is 2. The van der Waals surface area contributed by atoms with E-state index in [2.05, 4.69) is 0 Å². The number of hydrogen-bond donors (Lipinski definition) is 1. The Hall–Kier alpha value is -2.53. The lowest BCUT2D eigenvalue weighted by Gasteiger charge is -2.27. The van der Waals surface area contributed by atoms with Gasteiger partial charge in [-0.05, 0) is 23.3 Å². The average molecular weight is 313 g/mol. The average Bonchev–Trinajstić information content (AvgIpc) is 3.04. The topological polar surface area (TPSA) is 59.0 Å². The lowest BCUT2D eigenvalue weighted by atomic mass is 10.0. The van der Waals surface area contributed by atoms with Gasteiger partial charge < -0.3 is 19.5 Å². The molecular weight excluding hydrogens is 294 g/mol. The number of aliphatic hydroxyl groups is 1. The number of nitrogens with zero attached hydrogens (tertiary/aromatic N) is 1. The van der Waals surface area contributed by atoms with E-state index in [0.717, 1.165) is 11.1 Å². The van der Waals surface area contributed by atoms with Crippen molar-refractivity contribution in [1.82, 2.24) is 4.90 Å². The Bertz CT molecular complexity index is 687. The van der Waals surface area contributed by atoms with Crippen LogP contribution in [0.1, 0.15) is 17.2 Å². The van der Waals surface area contributed by atoms with Crippen LogP contribution in [0.15, 0.2) is 48.5 Å². The highest BCUT2D eigenvalue weighted by Crippen LogP contribution is 2.32. The molecule has 1 aliphatic heterocycles. The summed E-state index contributed by atoms with van der Waals surface area (Å²) in [5.41, 5.74) is 1.77. The molecule has 2 aromatic carbocycles. The Morgan fingerprint density at radius 3 is 2.65 bits per heavy atom. The summed E-state index contributed by atoms with van der Waals surface area (Å²) in [6.07, 6.45) is 0.247. The maximum Gasteiger partial charge on any atom is 0.231 e. The standard InChI is InChI=1S/C18H19NO4/c1-19(15(11-20)14-5-3-2-4-6-14)18(21)10-13-7-8-16-17(9-13)23-12-22-16/h2-9,15,20H,10-12H2,1H3/t15-/m0/s1. The van der Waals surface area contributed by atoms with Gasteiger partial charge in [-0.3, -0.25) is 4.79 Å². The van der Waals surface area contributed by atoms with E-state index in [1.807, 2.05) is 48.5 Å². The Labute approximate surface area is 135 Å². The molecule has 0 bridgehead atoms. The van der Waals surface area contributed by atoms with E-state index in [4.69, 9.17) is 9.47 Å². The lowest BCUT2D eigenvalue weighted by molar-refractivity contribution is -0.132. The van der Waals surface area contributed by atoms with Gasteiger partial charge >= 0.3 is 0 Å². The van der Waals surface area contributed by atoms with E-state index < -0.39 is 0 Å². The van der Waals surface area contributed by atoms with Crippen LogP contribution in [0.3, 0.4) is 0 Å². The fourth-order valence-corrected chi connectivity index (χ4v) is 2.65. The molecule has 0 fully saturated rings. The van der Waals surface area contributed by atoms with E-state index in [1.165, 1.54) is 0 Å². The molecule has 0 radical (unpaired) electrons. The highest BCUT2D eigenvalue weighted by Gasteiger charge is 2.22. The van der Waals surface area contributed by atoms with E-state index in [1.54, 1.807) is 11.9 Å². The van der Waals surface area contributed by atoms with Gasteiger partial charge in [0.2, 0.25) is 12.7 Å². The normalized spacial score (nSPS) is 13.7. The van der Waals surface area contributed by atoms with E-state index >= 15 is 0 Å². The van der Waals surface area contributed by atoms with Crippen molar-refractivity contribution >= 4 is 5.91 Å². The molecule has 0 spiro atoms. The summed E-state index contributed by atoms with van der Waals surface area (Å²) >= 11 is 0. The molecule has 5 nitrogen and oxygen atoms in total. The van der Waals surface area contributed by atoms with Gasteiger partial charge in [-0.15, -0.1) is 0 Å². The molecule has 2 aromatic rings. The second-order valence-electron chi connectivity index (χ2n) is 5.48. The molecule has 1 amide bonds. The first-order valence-electron chi connectivity index (χ1n) is 7.49. The minimum Gasteiger partial charge on any atom is -0.454 e. The fourth-order valence-electron chi connectivity index (χ4n) is 2.65. The van der Waals surface area contributed by atoms with Crippen molar-refractivity contribution in [2.24, 2.45) is 0 Å². The quantitative estimate of drug-likeness (QED) is 0.919. The fraction of sp³-hybridized carbons (Fsp3) is 0.278. The van der Waals surface area contributed by atoms with Crippen LogP contribution in [0.2, 0.25) is 0 Å². The number of rotatable bonds is 5. The number of amides is 1. The van der Waals surface area contributed by atoms with Crippen molar-refractivity contribution in [3.8, 4) is 11.5 Å². The molecule has 1 heterocycles. The molecule has 0 saturated heterocycles. The van der Waals surface area contributed by atoms with Crippen LogP contribution < -0.4 is 9.47 Å². The second kappa shape index (κ2) is 6.71. The summed E-state index contributed by atoms with van der Waals surface area (Å²) in [6.45, 7) is 0.0978. The summed E-state index contributed by atoms with van der Waals surface area (Å²) < 4.78 is 10.6. The second-order valence-corrected chi connectivity index (χ2v) is 5.48. The van der Waals surface area contributed by atoms with Gasteiger partial charge in [-0.25, -0.2) is 0 Å². The third kappa shape index (κ3) is 3.29. The SMILES string of the molecule is CN(C(=O)Cc1ccc2c(c1)OCO2)[C@@H](CO)c1ccccc1. The zero-order valence-electron chi connectivity index (χ0n) is 12.9. The predicted octanol–water partition coefficient (Wildman–Crippen LogP) is 2.15. The third-order valence-electron chi connectivity index (χ3n) is 4.01. The number of carbonyl (C=O) groups is 1. The number of fused-ring (bicyclic) bond motifs is 1. The maximum atomic E-state index is 12.5. The van der Waals surface area contributed by atoms with Crippen LogP contribution >= 0.6 is 0 Å². The van der Waals surface area contributed by atoms with Crippen molar-refractivity contribution in [1.29, 1.82) is 0 Å². The summed E-state index contributed by atoms with van der Waals surface area (Å²) in [4.78, 5) is 14.1. The molecule has 1 aliphatic rings. The monoisotopic (exact) mass is 313 g/mol. The van der Waals surface area contributed by atoms with Crippen LogP contribution in [0.4, 0.5) is 0 Å². The molecule has 120 valence electrons. The first kappa shape index (κ1) is 15.4. The van der Waals surface area contributed by atoms with Crippen LogP contribution in [-0.2, 0) is 11.2 Å². The molecule has 3 rings (SSSR count). The first-order chi connectivity index (χ1) is 11.2. The minimum atomic E-state index is -0.349. The van der Waals surface area contributed by atoms with E-state index in [-0.39, 0.29) is 31.8 Å². The smallest absolute Gasteiger partial charge is 0.231 e. The lowest BCUT2D eigenvalue weighted by Crippen LogP contribution is -2.34. The molecule has 1 atom stereocenters. The number of hydrogen-bond acceptors (Lipinski definition) is 4. The number of likely N-dealkylation sites (N-methyl/N-ethyl adjacent to an activating group) is 1.